The third-order valence-electron chi connectivity index (χ3n) is 2.82. The van der Waals surface area contributed by atoms with Gasteiger partial charge in [-0.05, 0) is 29.0 Å². The molecule has 1 heterocycles. The van der Waals surface area contributed by atoms with E-state index in [4.69, 9.17) is 11.6 Å². The second kappa shape index (κ2) is 4.43. The number of nitrogens with zero attached hydrogens (tertiary/aromatic N) is 1. The summed E-state index contributed by atoms with van der Waals surface area (Å²) >= 11 is 5.88. The summed E-state index contributed by atoms with van der Waals surface area (Å²) in [6.07, 6.45) is -2.76. The summed E-state index contributed by atoms with van der Waals surface area (Å²) in [6.45, 7) is 3.92. The number of alkyl halides is 3. The maximum Gasteiger partial charge on any atom is 0.416 e. The van der Waals surface area contributed by atoms with Crippen LogP contribution >= 0.6 is 11.6 Å². The van der Waals surface area contributed by atoms with Crippen molar-refractivity contribution in [2.45, 2.75) is 25.9 Å². The Kier molecular flexibility index (Phi) is 3.23. The van der Waals surface area contributed by atoms with E-state index in [1.165, 1.54) is 6.07 Å². The standard InChI is InChI=1S/C13H11ClF3N/c1-7(2)11-6-18-12(14)10-5-8(13(15,16)17)3-4-9(10)11/h3-7H,1-2H3. The van der Waals surface area contributed by atoms with Gasteiger partial charge >= 0.3 is 6.18 Å². The van der Waals surface area contributed by atoms with Crippen molar-refractivity contribution in [3.05, 3.63) is 40.7 Å². The zero-order chi connectivity index (χ0) is 13.5. The van der Waals surface area contributed by atoms with Gasteiger partial charge in [0, 0.05) is 11.6 Å². The molecule has 0 bridgehead atoms. The summed E-state index contributed by atoms with van der Waals surface area (Å²) in [4.78, 5) is 3.95. The summed E-state index contributed by atoms with van der Waals surface area (Å²) in [5.74, 6) is 0.175. The molecule has 0 amide bonds. The van der Waals surface area contributed by atoms with Crippen molar-refractivity contribution < 1.29 is 13.2 Å². The fourth-order valence-electron chi connectivity index (χ4n) is 1.87. The summed E-state index contributed by atoms with van der Waals surface area (Å²) in [5, 5.41) is 1.16. The molecule has 2 aromatic rings. The van der Waals surface area contributed by atoms with Gasteiger partial charge in [-0.1, -0.05) is 31.5 Å². The second-order valence-corrected chi connectivity index (χ2v) is 4.78. The Bertz CT molecular complexity index is 591. The van der Waals surface area contributed by atoms with Crippen molar-refractivity contribution in [2.24, 2.45) is 0 Å². The van der Waals surface area contributed by atoms with Crippen molar-refractivity contribution in [3.63, 3.8) is 0 Å². The minimum absolute atomic E-state index is 0.0977. The monoisotopic (exact) mass is 273 g/mol. The van der Waals surface area contributed by atoms with E-state index in [-0.39, 0.29) is 11.1 Å². The first-order valence-corrected chi connectivity index (χ1v) is 5.84. The van der Waals surface area contributed by atoms with Crippen LogP contribution in [0.25, 0.3) is 10.8 Å². The van der Waals surface area contributed by atoms with E-state index in [9.17, 15) is 13.2 Å². The molecule has 5 heteroatoms. The zero-order valence-corrected chi connectivity index (χ0v) is 10.6. The van der Waals surface area contributed by atoms with Crippen LogP contribution in [0.2, 0.25) is 5.15 Å². The average Bonchev–Trinajstić information content (AvgIpc) is 2.27. The molecule has 0 aliphatic carbocycles. The number of rotatable bonds is 1. The highest BCUT2D eigenvalue weighted by molar-refractivity contribution is 6.34. The minimum Gasteiger partial charge on any atom is -0.244 e. The molecule has 96 valence electrons. The van der Waals surface area contributed by atoms with Crippen LogP contribution in [0, 0.1) is 0 Å². The van der Waals surface area contributed by atoms with E-state index in [1.54, 1.807) is 6.20 Å². The lowest BCUT2D eigenvalue weighted by atomic mass is 9.97. The largest absolute Gasteiger partial charge is 0.416 e. The molecule has 0 radical (unpaired) electrons. The topological polar surface area (TPSA) is 12.9 Å². The molecule has 0 unspecified atom stereocenters. The van der Waals surface area contributed by atoms with E-state index in [0.717, 1.165) is 23.1 Å². The van der Waals surface area contributed by atoms with Crippen LogP contribution in [0.5, 0.6) is 0 Å². The Labute approximate surface area is 108 Å². The number of pyridine rings is 1. The Morgan fingerprint density at radius 2 is 1.83 bits per heavy atom. The highest BCUT2D eigenvalue weighted by Crippen LogP contribution is 2.35. The van der Waals surface area contributed by atoms with Crippen LogP contribution < -0.4 is 0 Å². The maximum atomic E-state index is 12.6. The van der Waals surface area contributed by atoms with Gasteiger partial charge in [-0.25, -0.2) is 4.98 Å². The average molecular weight is 274 g/mol. The molecule has 0 aliphatic rings. The van der Waals surface area contributed by atoms with Gasteiger partial charge in [0.2, 0.25) is 0 Å². The normalized spacial score (nSPS) is 12.4. The number of benzene rings is 1. The van der Waals surface area contributed by atoms with Gasteiger partial charge in [0.15, 0.2) is 0 Å². The molecule has 0 saturated carbocycles. The van der Waals surface area contributed by atoms with Crippen molar-refractivity contribution in [2.75, 3.05) is 0 Å². The van der Waals surface area contributed by atoms with E-state index in [2.05, 4.69) is 4.98 Å². The summed E-state index contributed by atoms with van der Waals surface area (Å²) in [7, 11) is 0. The number of fused-ring (bicyclic) bond motifs is 1. The third kappa shape index (κ3) is 2.29. The van der Waals surface area contributed by atoms with Crippen molar-refractivity contribution in [3.8, 4) is 0 Å². The Balaban J connectivity index is 2.74. The summed E-state index contributed by atoms with van der Waals surface area (Å²) in [6, 6.07) is 3.59. The lowest BCUT2D eigenvalue weighted by Gasteiger charge is -2.13. The van der Waals surface area contributed by atoms with E-state index in [1.807, 2.05) is 13.8 Å². The number of aromatic nitrogens is 1. The maximum absolute atomic E-state index is 12.6. The van der Waals surface area contributed by atoms with E-state index < -0.39 is 11.7 Å². The predicted molar refractivity (Wildman–Crippen MR) is 65.8 cm³/mol. The predicted octanol–water partition coefficient (Wildman–Crippen LogP) is 5.03. The van der Waals surface area contributed by atoms with Crippen LogP contribution in [-0.4, -0.2) is 4.98 Å². The fraction of sp³-hybridized carbons (Fsp3) is 0.308. The van der Waals surface area contributed by atoms with Crippen LogP contribution in [0.15, 0.2) is 24.4 Å². The van der Waals surface area contributed by atoms with Crippen molar-refractivity contribution in [1.29, 1.82) is 0 Å². The highest BCUT2D eigenvalue weighted by Gasteiger charge is 2.30. The molecule has 0 atom stereocenters. The van der Waals surface area contributed by atoms with Crippen molar-refractivity contribution in [1.82, 2.24) is 4.98 Å². The van der Waals surface area contributed by atoms with Gasteiger partial charge in [-0.3, -0.25) is 0 Å². The molecule has 1 nitrogen and oxygen atoms in total. The molecule has 0 N–H and O–H groups in total. The fourth-order valence-corrected chi connectivity index (χ4v) is 2.07. The number of hydrogen-bond acceptors (Lipinski definition) is 1. The van der Waals surface area contributed by atoms with Crippen LogP contribution in [-0.2, 0) is 6.18 Å². The lowest BCUT2D eigenvalue weighted by molar-refractivity contribution is -0.137. The molecule has 0 spiro atoms. The lowest BCUT2D eigenvalue weighted by Crippen LogP contribution is -2.05. The van der Waals surface area contributed by atoms with Crippen molar-refractivity contribution >= 4 is 22.4 Å². The third-order valence-corrected chi connectivity index (χ3v) is 3.12. The smallest absolute Gasteiger partial charge is 0.244 e. The first-order chi connectivity index (χ1) is 8.30. The molecular formula is C13H11ClF3N. The SMILES string of the molecule is CC(C)c1cnc(Cl)c2cc(C(F)(F)F)ccc12. The van der Waals surface area contributed by atoms with Gasteiger partial charge < -0.3 is 0 Å². The molecule has 0 fully saturated rings. The Morgan fingerprint density at radius 3 is 2.39 bits per heavy atom. The molecule has 1 aromatic carbocycles. The van der Waals surface area contributed by atoms with E-state index >= 15 is 0 Å². The van der Waals surface area contributed by atoms with Crippen LogP contribution in [0.4, 0.5) is 13.2 Å². The van der Waals surface area contributed by atoms with Crippen LogP contribution in [0.1, 0.15) is 30.9 Å². The number of halogens is 4. The van der Waals surface area contributed by atoms with Crippen LogP contribution in [0.3, 0.4) is 0 Å². The molecule has 0 aliphatic heterocycles. The number of hydrogen-bond donors (Lipinski definition) is 0. The van der Waals surface area contributed by atoms with Gasteiger partial charge in [0.25, 0.3) is 0 Å². The molecule has 18 heavy (non-hydrogen) atoms. The Hall–Kier alpha value is -1.29. The molecular weight excluding hydrogens is 263 g/mol. The van der Waals surface area contributed by atoms with Gasteiger partial charge in [-0.2, -0.15) is 13.2 Å². The quantitative estimate of drug-likeness (QED) is 0.664. The first kappa shape index (κ1) is 13.1. The van der Waals surface area contributed by atoms with Gasteiger partial charge in [-0.15, -0.1) is 0 Å². The zero-order valence-electron chi connectivity index (χ0n) is 9.85. The second-order valence-electron chi connectivity index (χ2n) is 4.42. The van der Waals surface area contributed by atoms with E-state index in [0.29, 0.717) is 5.39 Å². The Morgan fingerprint density at radius 1 is 1.17 bits per heavy atom. The molecule has 1 aromatic heterocycles. The van der Waals surface area contributed by atoms with Gasteiger partial charge in [0.1, 0.15) is 5.15 Å². The van der Waals surface area contributed by atoms with Gasteiger partial charge in [0.05, 0.1) is 5.56 Å². The minimum atomic E-state index is -4.37. The highest BCUT2D eigenvalue weighted by atomic mass is 35.5. The molecule has 2 rings (SSSR count). The summed E-state index contributed by atoms with van der Waals surface area (Å²) in [5.41, 5.74) is 0.183. The first-order valence-electron chi connectivity index (χ1n) is 5.46. The summed E-state index contributed by atoms with van der Waals surface area (Å²) < 4.78 is 37.9. The molecule has 0 saturated heterocycles.